The molecule has 0 bridgehead atoms. The Kier molecular flexibility index (Phi) is 10.5. The van der Waals surface area contributed by atoms with Crippen molar-refractivity contribution in [1.29, 1.82) is 0 Å². The van der Waals surface area contributed by atoms with Gasteiger partial charge < -0.3 is 24.4 Å². The highest BCUT2D eigenvalue weighted by molar-refractivity contribution is 6.10. The molecule has 0 aromatic rings. The molecule has 0 aromatic heterocycles. The van der Waals surface area contributed by atoms with Crippen LogP contribution >= 0.6 is 0 Å². The van der Waals surface area contributed by atoms with Crippen LogP contribution in [0.4, 0.5) is 0 Å². The number of esters is 3. The highest BCUT2D eigenvalue weighted by Crippen LogP contribution is 2.38. The predicted molar refractivity (Wildman–Crippen MR) is 94.1 cm³/mol. The lowest BCUT2D eigenvalue weighted by Crippen LogP contribution is -2.53. The molecule has 0 radical (unpaired) electrons. The predicted octanol–water partition coefficient (Wildman–Crippen LogP) is 1.17. The van der Waals surface area contributed by atoms with Crippen LogP contribution < -0.4 is 0 Å². The number of carboxylic acid groups (broad SMARTS) is 2. The highest BCUT2D eigenvalue weighted by Gasteiger charge is 2.60. The average molecular weight is 402 g/mol. The summed E-state index contributed by atoms with van der Waals surface area (Å²) in [4.78, 5) is 58.8. The van der Waals surface area contributed by atoms with Crippen molar-refractivity contribution in [1.82, 2.24) is 0 Å². The fourth-order valence-electron chi connectivity index (χ4n) is 2.75. The van der Waals surface area contributed by atoms with Gasteiger partial charge in [0.2, 0.25) is 0 Å². The molecule has 0 aliphatic heterocycles. The SMILES string of the molecule is COC(=O)CCCC=C(C)CCC(C(=O)OC)(C(=O)OC)C(C(=O)O)C(=O)O. The molecule has 0 heterocycles. The molecule has 0 rings (SSSR count). The molecular formula is C18H26O10. The van der Waals surface area contributed by atoms with Crippen LogP contribution in [0.15, 0.2) is 11.6 Å². The van der Waals surface area contributed by atoms with Gasteiger partial charge in [-0.05, 0) is 32.6 Å². The quantitative estimate of drug-likeness (QED) is 0.160. The van der Waals surface area contributed by atoms with E-state index in [0.29, 0.717) is 18.4 Å². The Morgan fingerprint density at radius 2 is 1.39 bits per heavy atom. The maximum atomic E-state index is 12.3. The van der Waals surface area contributed by atoms with E-state index in [-0.39, 0.29) is 18.8 Å². The number of unbranched alkanes of at least 4 members (excludes halogenated alkanes) is 1. The Morgan fingerprint density at radius 1 is 0.893 bits per heavy atom. The normalized spacial score (nSPS) is 11.7. The zero-order chi connectivity index (χ0) is 21.9. The summed E-state index contributed by atoms with van der Waals surface area (Å²) in [6, 6.07) is 0. The van der Waals surface area contributed by atoms with Crippen LogP contribution in [-0.4, -0.2) is 61.4 Å². The topological polar surface area (TPSA) is 154 Å². The fraction of sp³-hybridized carbons (Fsp3) is 0.611. The van der Waals surface area contributed by atoms with Gasteiger partial charge in [0.25, 0.3) is 0 Å². The van der Waals surface area contributed by atoms with Crippen molar-refractivity contribution in [2.24, 2.45) is 11.3 Å². The molecule has 0 spiro atoms. The van der Waals surface area contributed by atoms with Gasteiger partial charge in [-0.25, -0.2) is 0 Å². The molecule has 2 N–H and O–H groups in total. The number of hydrogen-bond donors (Lipinski definition) is 2. The Morgan fingerprint density at radius 3 is 1.79 bits per heavy atom. The summed E-state index contributed by atoms with van der Waals surface area (Å²) in [6.45, 7) is 1.67. The molecule has 28 heavy (non-hydrogen) atoms. The third kappa shape index (κ3) is 6.36. The Labute approximate surface area is 162 Å². The van der Waals surface area contributed by atoms with E-state index in [2.05, 4.69) is 14.2 Å². The number of carbonyl (C=O) groups is 5. The van der Waals surface area contributed by atoms with E-state index in [9.17, 15) is 34.2 Å². The molecule has 0 amide bonds. The Bertz CT molecular complexity index is 604. The average Bonchev–Trinajstić information content (AvgIpc) is 2.65. The van der Waals surface area contributed by atoms with Crippen molar-refractivity contribution in [2.75, 3.05) is 21.3 Å². The Balaban J connectivity index is 5.62. The summed E-state index contributed by atoms with van der Waals surface area (Å²) in [5.74, 6) is -9.04. The van der Waals surface area contributed by atoms with Crippen LogP contribution in [0.5, 0.6) is 0 Å². The number of methoxy groups -OCH3 is 3. The maximum absolute atomic E-state index is 12.3. The molecule has 0 aromatic carbocycles. The summed E-state index contributed by atoms with van der Waals surface area (Å²) in [6.07, 6.45) is 2.59. The van der Waals surface area contributed by atoms with Crippen LogP contribution in [0.1, 0.15) is 39.0 Å². The van der Waals surface area contributed by atoms with E-state index in [1.807, 2.05) is 0 Å². The fourth-order valence-corrected chi connectivity index (χ4v) is 2.75. The zero-order valence-electron chi connectivity index (χ0n) is 16.4. The minimum absolute atomic E-state index is 0.0412. The lowest BCUT2D eigenvalue weighted by atomic mass is 9.71. The lowest BCUT2D eigenvalue weighted by Gasteiger charge is -2.31. The Hall–Kier alpha value is -2.91. The zero-order valence-corrected chi connectivity index (χ0v) is 16.4. The van der Waals surface area contributed by atoms with Crippen LogP contribution in [-0.2, 0) is 38.2 Å². The first-order valence-corrected chi connectivity index (χ1v) is 8.43. The second kappa shape index (κ2) is 11.7. The molecule has 158 valence electrons. The lowest BCUT2D eigenvalue weighted by molar-refractivity contribution is -0.186. The molecule has 0 fully saturated rings. The van der Waals surface area contributed by atoms with Crippen molar-refractivity contribution >= 4 is 29.8 Å². The summed E-state index contributed by atoms with van der Waals surface area (Å²) >= 11 is 0. The smallest absolute Gasteiger partial charge is 0.324 e. The van der Waals surface area contributed by atoms with Gasteiger partial charge in [0.05, 0.1) is 21.3 Å². The van der Waals surface area contributed by atoms with Crippen LogP contribution in [0.3, 0.4) is 0 Å². The minimum Gasteiger partial charge on any atom is -0.481 e. The van der Waals surface area contributed by atoms with Gasteiger partial charge in [-0.2, -0.15) is 0 Å². The van der Waals surface area contributed by atoms with Gasteiger partial charge in [-0.1, -0.05) is 11.6 Å². The van der Waals surface area contributed by atoms with Crippen LogP contribution in [0.25, 0.3) is 0 Å². The second-order valence-electron chi connectivity index (χ2n) is 6.08. The van der Waals surface area contributed by atoms with E-state index in [1.54, 1.807) is 13.0 Å². The molecule has 0 unspecified atom stereocenters. The number of allylic oxidation sites excluding steroid dienone is 2. The number of aliphatic carboxylic acids is 2. The third-order valence-corrected chi connectivity index (χ3v) is 4.31. The van der Waals surface area contributed by atoms with Crippen molar-refractivity contribution < 1.29 is 48.4 Å². The van der Waals surface area contributed by atoms with Crippen LogP contribution in [0.2, 0.25) is 0 Å². The van der Waals surface area contributed by atoms with Gasteiger partial charge >= 0.3 is 29.8 Å². The van der Waals surface area contributed by atoms with Crippen molar-refractivity contribution in [3.63, 3.8) is 0 Å². The first-order valence-electron chi connectivity index (χ1n) is 8.43. The van der Waals surface area contributed by atoms with Crippen molar-refractivity contribution in [2.45, 2.75) is 39.0 Å². The standard InChI is InChI=1S/C18H26O10/c1-11(7-5-6-8-12(19)26-2)9-10-18(16(24)27-3,17(25)28-4)13(14(20)21)15(22)23/h7,13H,5-6,8-10H2,1-4H3,(H,20,21)(H,22,23). The number of rotatable bonds is 12. The molecule has 0 aliphatic carbocycles. The minimum atomic E-state index is -2.54. The first-order chi connectivity index (χ1) is 13.1. The van der Waals surface area contributed by atoms with Gasteiger partial charge in [-0.3, -0.25) is 24.0 Å². The summed E-state index contributed by atoms with van der Waals surface area (Å²) in [5, 5.41) is 18.7. The van der Waals surface area contributed by atoms with E-state index >= 15 is 0 Å². The molecular weight excluding hydrogens is 376 g/mol. The van der Waals surface area contributed by atoms with E-state index in [4.69, 9.17) is 0 Å². The van der Waals surface area contributed by atoms with Crippen molar-refractivity contribution in [3.05, 3.63) is 11.6 Å². The monoisotopic (exact) mass is 402 g/mol. The van der Waals surface area contributed by atoms with Gasteiger partial charge in [0, 0.05) is 6.42 Å². The molecule has 0 saturated carbocycles. The number of ether oxygens (including phenoxy) is 3. The highest BCUT2D eigenvalue weighted by atomic mass is 16.5. The number of carboxylic acids is 2. The van der Waals surface area contributed by atoms with Gasteiger partial charge in [0.15, 0.2) is 11.3 Å². The summed E-state index contributed by atoms with van der Waals surface area (Å²) in [5.41, 5.74) is -1.86. The third-order valence-electron chi connectivity index (χ3n) is 4.31. The van der Waals surface area contributed by atoms with E-state index < -0.39 is 41.6 Å². The van der Waals surface area contributed by atoms with E-state index in [0.717, 1.165) is 14.2 Å². The molecule has 0 atom stereocenters. The first kappa shape index (κ1) is 25.1. The van der Waals surface area contributed by atoms with Crippen molar-refractivity contribution in [3.8, 4) is 0 Å². The summed E-state index contributed by atoms with van der Waals surface area (Å²) in [7, 11) is 3.14. The van der Waals surface area contributed by atoms with Crippen LogP contribution in [0, 0.1) is 11.3 Å². The number of hydrogen-bond acceptors (Lipinski definition) is 8. The number of carbonyl (C=O) groups excluding carboxylic acids is 3. The second-order valence-corrected chi connectivity index (χ2v) is 6.08. The maximum Gasteiger partial charge on any atom is 0.324 e. The molecule has 0 aliphatic rings. The van der Waals surface area contributed by atoms with Gasteiger partial charge in [-0.15, -0.1) is 0 Å². The molecule has 10 nitrogen and oxygen atoms in total. The largest absolute Gasteiger partial charge is 0.481 e. The molecule has 10 heteroatoms. The molecule has 0 saturated heterocycles. The summed E-state index contributed by atoms with van der Waals surface area (Å²) < 4.78 is 13.6. The van der Waals surface area contributed by atoms with E-state index in [1.165, 1.54) is 7.11 Å². The van der Waals surface area contributed by atoms with Gasteiger partial charge in [0.1, 0.15) is 0 Å².